The van der Waals surface area contributed by atoms with Gasteiger partial charge in [-0.15, -0.1) is 0 Å². The van der Waals surface area contributed by atoms with Crippen LogP contribution in [0.25, 0.3) is 0 Å². The van der Waals surface area contributed by atoms with Crippen molar-refractivity contribution in [2.75, 3.05) is 26.2 Å². The normalized spacial score (nSPS) is 18.6. The van der Waals surface area contributed by atoms with E-state index in [-0.39, 0.29) is 0 Å². The van der Waals surface area contributed by atoms with Crippen LogP contribution in [-0.4, -0.2) is 43.3 Å². The van der Waals surface area contributed by atoms with E-state index in [2.05, 4.69) is 5.32 Å². The average Bonchev–Trinajstić information content (AvgIpc) is 2.05. The van der Waals surface area contributed by atoms with Gasteiger partial charge in [0.1, 0.15) is 0 Å². The van der Waals surface area contributed by atoms with E-state index in [4.69, 9.17) is 0 Å². The molecule has 0 aromatic rings. The molecule has 0 saturated carbocycles. The van der Waals surface area contributed by atoms with Crippen LogP contribution in [0.3, 0.4) is 0 Å². The van der Waals surface area contributed by atoms with E-state index in [9.17, 15) is 9.59 Å². The number of carbonyl (C=O) groups is 2. The largest absolute Gasteiger partial charge is 0.334 e. The van der Waals surface area contributed by atoms with Gasteiger partial charge in [0.2, 0.25) is 6.29 Å². The Morgan fingerprint density at radius 2 is 2.00 bits per heavy atom. The Morgan fingerprint density at radius 1 is 1.40 bits per heavy atom. The lowest BCUT2D eigenvalue weighted by molar-refractivity contribution is -0.139. The molecule has 0 bridgehead atoms. The van der Waals surface area contributed by atoms with E-state index in [1.165, 1.54) is 0 Å². The summed E-state index contributed by atoms with van der Waals surface area (Å²) in [7, 11) is 0. The number of hydrogen-bond acceptors (Lipinski definition) is 3. The molecular formula is C6H10N2O2. The minimum atomic E-state index is -0.401. The minimum Gasteiger partial charge on any atom is -0.334 e. The number of nitrogens with one attached hydrogen (secondary N) is 1. The van der Waals surface area contributed by atoms with Crippen molar-refractivity contribution in [1.29, 1.82) is 0 Å². The number of amides is 1. The van der Waals surface area contributed by atoms with Gasteiger partial charge in [-0.05, 0) is 0 Å². The lowest BCUT2D eigenvalue weighted by Gasteiger charge is -2.25. The quantitative estimate of drug-likeness (QED) is 0.362. The molecule has 1 N–H and O–H groups in total. The van der Waals surface area contributed by atoms with Crippen LogP contribution >= 0.6 is 0 Å². The second-order valence-electron chi connectivity index (χ2n) is 2.19. The van der Waals surface area contributed by atoms with E-state index in [1.807, 2.05) is 0 Å². The lowest BCUT2D eigenvalue weighted by Crippen LogP contribution is -2.46. The zero-order valence-corrected chi connectivity index (χ0v) is 5.67. The molecular weight excluding hydrogens is 132 g/mol. The summed E-state index contributed by atoms with van der Waals surface area (Å²) in [5.74, 6) is -0.401. The first-order chi connectivity index (χ1) is 4.84. The molecule has 0 radical (unpaired) electrons. The first kappa shape index (κ1) is 7.21. The second kappa shape index (κ2) is 3.31. The molecule has 1 aliphatic rings. The molecule has 0 aromatic carbocycles. The molecule has 1 saturated heterocycles. The van der Waals surface area contributed by atoms with Crippen molar-refractivity contribution in [2.45, 2.75) is 0 Å². The first-order valence-electron chi connectivity index (χ1n) is 3.29. The predicted molar refractivity (Wildman–Crippen MR) is 35.5 cm³/mol. The fraction of sp³-hybridized carbons (Fsp3) is 0.667. The second-order valence-corrected chi connectivity index (χ2v) is 2.19. The van der Waals surface area contributed by atoms with Gasteiger partial charge in [0.15, 0.2) is 0 Å². The molecule has 1 amide bonds. The maximum atomic E-state index is 10.7. The van der Waals surface area contributed by atoms with Gasteiger partial charge in [-0.2, -0.15) is 0 Å². The summed E-state index contributed by atoms with van der Waals surface area (Å²) < 4.78 is 0. The molecule has 56 valence electrons. The molecule has 1 fully saturated rings. The van der Waals surface area contributed by atoms with E-state index in [1.54, 1.807) is 4.90 Å². The molecule has 0 aliphatic carbocycles. The Morgan fingerprint density at radius 3 is 2.50 bits per heavy atom. The zero-order chi connectivity index (χ0) is 7.40. The van der Waals surface area contributed by atoms with Gasteiger partial charge in [0.05, 0.1) is 0 Å². The van der Waals surface area contributed by atoms with Crippen molar-refractivity contribution in [1.82, 2.24) is 10.2 Å². The summed E-state index contributed by atoms with van der Waals surface area (Å²) in [6, 6.07) is 0. The summed E-state index contributed by atoms with van der Waals surface area (Å²) in [5, 5.41) is 3.08. The van der Waals surface area contributed by atoms with E-state index in [0.29, 0.717) is 19.4 Å². The third-order valence-corrected chi connectivity index (χ3v) is 1.53. The molecule has 0 spiro atoms. The number of rotatable bonds is 1. The first-order valence-corrected chi connectivity index (χ1v) is 3.29. The third-order valence-electron chi connectivity index (χ3n) is 1.53. The Hall–Kier alpha value is -0.900. The molecule has 1 heterocycles. The van der Waals surface area contributed by atoms with Crippen LogP contribution in [0.2, 0.25) is 0 Å². The third kappa shape index (κ3) is 1.54. The standard InChI is InChI=1S/C6H10N2O2/c9-5-6(10)8-3-1-7-2-4-8/h5,7H,1-4H2. The fourth-order valence-corrected chi connectivity index (χ4v) is 0.960. The van der Waals surface area contributed by atoms with Crippen LogP contribution in [0.15, 0.2) is 0 Å². The van der Waals surface area contributed by atoms with Gasteiger partial charge in [-0.1, -0.05) is 0 Å². The average molecular weight is 142 g/mol. The van der Waals surface area contributed by atoms with Gasteiger partial charge in [-0.25, -0.2) is 0 Å². The van der Waals surface area contributed by atoms with Gasteiger partial charge < -0.3 is 10.2 Å². The predicted octanol–water partition coefficient (Wildman–Crippen LogP) is -1.38. The monoisotopic (exact) mass is 142 g/mol. The molecule has 0 aromatic heterocycles. The smallest absolute Gasteiger partial charge is 0.286 e. The summed E-state index contributed by atoms with van der Waals surface area (Å²) in [6.07, 6.45) is 0.366. The van der Waals surface area contributed by atoms with Crippen molar-refractivity contribution in [2.24, 2.45) is 0 Å². The molecule has 1 aliphatic heterocycles. The highest BCUT2D eigenvalue weighted by molar-refractivity contribution is 6.23. The van der Waals surface area contributed by atoms with Gasteiger partial charge in [0.25, 0.3) is 5.91 Å². The zero-order valence-electron chi connectivity index (χ0n) is 5.67. The van der Waals surface area contributed by atoms with Crippen LogP contribution < -0.4 is 5.32 Å². The van der Waals surface area contributed by atoms with Crippen LogP contribution in [0, 0.1) is 0 Å². The maximum absolute atomic E-state index is 10.7. The maximum Gasteiger partial charge on any atom is 0.286 e. The number of hydrogen-bond donors (Lipinski definition) is 1. The summed E-state index contributed by atoms with van der Waals surface area (Å²) >= 11 is 0. The number of aldehydes is 1. The van der Waals surface area contributed by atoms with Crippen molar-refractivity contribution in [3.05, 3.63) is 0 Å². The van der Waals surface area contributed by atoms with Crippen molar-refractivity contribution >= 4 is 12.2 Å². The highest BCUT2D eigenvalue weighted by Crippen LogP contribution is 1.89. The van der Waals surface area contributed by atoms with Crippen LogP contribution in [0.4, 0.5) is 0 Å². The molecule has 0 atom stereocenters. The van der Waals surface area contributed by atoms with Crippen molar-refractivity contribution in [3.8, 4) is 0 Å². The molecule has 10 heavy (non-hydrogen) atoms. The van der Waals surface area contributed by atoms with Crippen LogP contribution in [0.5, 0.6) is 0 Å². The van der Waals surface area contributed by atoms with E-state index >= 15 is 0 Å². The Bertz CT molecular complexity index is 141. The Balaban J connectivity index is 2.38. The lowest BCUT2D eigenvalue weighted by atomic mass is 10.3. The molecule has 4 heteroatoms. The number of nitrogens with zero attached hydrogens (tertiary/aromatic N) is 1. The van der Waals surface area contributed by atoms with Crippen molar-refractivity contribution in [3.63, 3.8) is 0 Å². The van der Waals surface area contributed by atoms with Gasteiger partial charge in [-0.3, -0.25) is 9.59 Å². The van der Waals surface area contributed by atoms with E-state index < -0.39 is 5.91 Å². The van der Waals surface area contributed by atoms with Crippen LogP contribution in [0.1, 0.15) is 0 Å². The SMILES string of the molecule is O=CC(=O)N1CCNCC1. The van der Waals surface area contributed by atoms with Gasteiger partial charge >= 0.3 is 0 Å². The topological polar surface area (TPSA) is 49.4 Å². The Labute approximate surface area is 59.2 Å². The van der Waals surface area contributed by atoms with E-state index in [0.717, 1.165) is 13.1 Å². The summed E-state index contributed by atoms with van der Waals surface area (Å²) in [5.41, 5.74) is 0. The molecule has 4 nitrogen and oxygen atoms in total. The number of carbonyl (C=O) groups excluding carboxylic acids is 2. The summed E-state index contributed by atoms with van der Waals surface area (Å²) in [6.45, 7) is 2.88. The van der Waals surface area contributed by atoms with Crippen LogP contribution in [-0.2, 0) is 9.59 Å². The highest BCUT2D eigenvalue weighted by Gasteiger charge is 2.13. The fourth-order valence-electron chi connectivity index (χ4n) is 0.960. The van der Waals surface area contributed by atoms with Crippen molar-refractivity contribution < 1.29 is 9.59 Å². The molecule has 1 rings (SSSR count). The molecule has 0 unspecified atom stereocenters. The highest BCUT2D eigenvalue weighted by atomic mass is 16.2. The summed E-state index contributed by atoms with van der Waals surface area (Å²) in [4.78, 5) is 22.2. The Kier molecular flexibility index (Phi) is 2.39. The minimum absolute atomic E-state index is 0.366. The van der Waals surface area contributed by atoms with Gasteiger partial charge in [0, 0.05) is 26.2 Å². The number of piperazine rings is 1.